The number of nitrogens with zero attached hydrogens (tertiary/aromatic N) is 2. The topological polar surface area (TPSA) is 38.9 Å². The molecule has 1 heterocycles. The molecule has 0 aliphatic carbocycles. The normalized spacial score (nSPS) is 9.62. The second kappa shape index (κ2) is 13.8. The highest BCUT2D eigenvalue weighted by Crippen LogP contribution is 2.22. The summed E-state index contributed by atoms with van der Waals surface area (Å²) in [7, 11) is 0. The van der Waals surface area contributed by atoms with Crippen molar-refractivity contribution < 1.29 is 4.52 Å². The molecule has 2 aromatic rings. The Labute approximate surface area is 148 Å². The molecule has 0 aliphatic heterocycles. The van der Waals surface area contributed by atoms with E-state index in [2.05, 4.69) is 43.9 Å². The predicted molar refractivity (Wildman–Crippen MR) is 104 cm³/mol. The van der Waals surface area contributed by atoms with Crippen molar-refractivity contribution in [3.05, 3.63) is 35.2 Å². The number of benzene rings is 1. The van der Waals surface area contributed by atoms with Gasteiger partial charge in [-0.15, -0.1) is 0 Å². The molecule has 0 fully saturated rings. The van der Waals surface area contributed by atoms with E-state index in [4.69, 9.17) is 4.52 Å². The predicted octanol–water partition coefficient (Wildman–Crippen LogP) is 7.05. The summed E-state index contributed by atoms with van der Waals surface area (Å²) in [5.41, 5.74) is 3.49. The van der Waals surface area contributed by atoms with E-state index in [1.54, 1.807) is 6.92 Å². The molecule has 136 valence electrons. The van der Waals surface area contributed by atoms with Crippen LogP contribution in [0.4, 0.5) is 0 Å². The van der Waals surface area contributed by atoms with Crippen LogP contribution >= 0.6 is 0 Å². The summed E-state index contributed by atoms with van der Waals surface area (Å²) < 4.78 is 4.95. The van der Waals surface area contributed by atoms with Crippen LogP contribution < -0.4 is 0 Å². The van der Waals surface area contributed by atoms with E-state index in [-0.39, 0.29) is 0 Å². The maximum atomic E-state index is 4.95. The first-order valence-corrected chi connectivity index (χ1v) is 9.47. The number of hydrogen-bond acceptors (Lipinski definition) is 3. The Morgan fingerprint density at radius 1 is 0.875 bits per heavy atom. The Morgan fingerprint density at radius 2 is 1.46 bits per heavy atom. The highest BCUT2D eigenvalue weighted by Gasteiger charge is 2.08. The van der Waals surface area contributed by atoms with Gasteiger partial charge in [0.25, 0.3) is 0 Å². The number of rotatable bonds is 6. The molecule has 0 saturated carbocycles. The van der Waals surface area contributed by atoms with E-state index in [1.165, 1.54) is 49.7 Å². The highest BCUT2D eigenvalue weighted by atomic mass is 16.5. The van der Waals surface area contributed by atoms with Crippen LogP contribution in [0.15, 0.2) is 22.7 Å². The Hall–Kier alpha value is -1.64. The third-order valence-corrected chi connectivity index (χ3v) is 3.83. The minimum atomic E-state index is 0.598. The summed E-state index contributed by atoms with van der Waals surface area (Å²) in [5.74, 6) is 1.27. The third kappa shape index (κ3) is 8.28. The van der Waals surface area contributed by atoms with Crippen LogP contribution in [0.25, 0.3) is 11.4 Å². The van der Waals surface area contributed by atoms with Crippen molar-refractivity contribution in [1.29, 1.82) is 0 Å². The molecule has 3 nitrogen and oxygen atoms in total. The Morgan fingerprint density at radius 3 is 1.92 bits per heavy atom. The van der Waals surface area contributed by atoms with Crippen molar-refractivity contribution >= 4 is 0 Å². The first-order valence-electron chi connectivity index (χ1n) is 9.47. The monoisotopic (exact) mass is 332 g/mol. The molecule has 0 spiro atoms. The van der Waals surface area contributed by atoms with E-state index < -0.39 is 0 Å². The Bertz CT molecular complexity index is 541. The van der Waals surface area contributed by atoms with E-state index in [0.717, 1.165) is 5.56 Å². The summed E-state index contributed by atoms with van der Waals surface area (Å²) in [5, 5.41) is 3.90. The molecule has 0 radical (unpaired) electrons. The largest absolute Gasteiger partial charge is 0.339 e. The minimum Gasteiger partial charge on any atom is -0.339 e. The standard InChI is InChI=1S/C11H12N2O.C8H18.C2H6/c1-7-5-4-6-10(8(7)2)11-12-9(3)14-13-11;1-3-5-7-8-6-4-2;1-2/h4-6H,1-3H3;3-8H2,1-2H3;1-2H3. The molecule has 1 aromatic carbocycles. The number of unbranched alkanes of at least 4 members (excludes halogenated alkanes) is 5. The molecule has 0 unspecified atom stereocenters. The molecule has 0 N–H and O–H groups in total. The van der Waals surface area contributed by atoms with Crippen LogP contribution in [-0.4, -0.2) is 10.1 Å². The van der Waals surface area contributed by atoms with E-state index in [1.807, 2.05) is 26.0 Å². The van der Waals surface area contributed by atoms with Crippen molar-refractivity contribution in [1.82, 2.24) is 10.1 Å². The maximum absolute atomic E-state index is 4.95. The lowest BCUT2D eigenvalue weighted by Gasteiger charge is -2.03. The third-order valence-electron chi connectivity index (χ3n) is 3.83. The van der Waals surface area contributed by atoms with Crippen LogP contribution in [0.3, 0.4) is 0 Å². The highest BCUT2D eigenvalue weighted by molar-refractivity contribution is 5.61. The average Bonchev–Trinajstić information content (AvgIpc) is 3.03. The molecular formula is C21H36N2O. The fraction of sp³-hybridized carbons (Fsp3) is 0.619. The van der Waals surface area contributed by atoms with Gasteiger partial charge in [0.05, 0.1) is 0 Å². The lowest BCUT2D eigenvalue weighted by atomic mass is 10.0. The van der Waals surface area contributed by atoms with Gasteiger partial charge < -0.3 is 4.52 Å². The summed E-state index contributed by atoms with van der Waals surface area (Å²) in [6.45, 7) is 14.4. The molecule has 0 saturated heterocycles. The summed E-state index contributed by atoms with van der Waals surface area (Å²) in [6, 6.07) is 6.09. The van der Waals surface area contributed by atoms with E-state index >= 15 is 0 Å². The second-order valence-corrected chi connectivity index (χ2v) is 5.80. The first-order chi connectivity index (χ1) is 11.6. The lowest BCUT2D eigenvalue weighted by molar-refractivity contribution is 0.394. The van der Waals surface area contributed by atoms with Crippen LogP contribution in [0.1, 0.15) is 83.2 Å². The van der Waals surface area contributed by atoms with Gasteiger partial charge in [-0.1, -0.05) is 89.6 Å². The minimum absolute atomic E-state index is 0.598. The van der Waals surface area contributed by atoms with Crippen LogP contribution in [0, 0.1) is 20.8 Å². The molecule has 3 heteroatoms. The SMILES string of the molecule is CC.CCCCCCCC.Cc1nc(-c2cccc(C)c2C)no1. The molecule has 2 rings (SSSR count). The molecule has 0 bridgehead atoms. The van der Waals surface area contributed by atoms with Crippen molar-refractivity contribution in [2.24, 2.45) is 0 Å². The fourth-order valence-corrected chi connectivity index (χ4v) is 2.26. The molecular weight excluding hydrogens is 296 g/mol. The van der Waals surface area contributed by atoms with Crippen LogP contribution in [0.2, 0.25) is 0 Å². The fourth-order valence-electron chi connectivity index (χ4n) is 2.26. The number of aryl methyl sites for hydroxylation is 2. The molecule has 1 aromatic heterocycles. The number of aromatic nitrogens is 2. The first kappa shape index (κ1) is 22.4. The van der Waals surface area contributed by atoms with Gasteiger partial charge in [0, 0.05) is 12.5 Å². The van der Waals surface area contributed by atoms with Gasteiger partial charge in [0.2, 0.25) is 11.7 Å². The van der Waals surface area contributed by atoms with Gasteiger partial charge in [0.15, 0.2) is 0 Å². The molecule has 0 atom stereocenters. The van der Waals surface area contributed by atoms with Gasteiger partial charge in [-0.25, -0.2) is 0 Å². The zero-order valence-electron chi connectivity index (χ0n) is 16.8. The quantitative estimate of drug-likeness (QED) is 0.532. The van der Waals surface area contributed by atoms with Crippen LogP contribution in [0.5, 0.6) is 0 Å². The smallest absolute Gasteiger partial charge is 0.223 e. The number of hydrogen-bond donors (Lipinski definition) is 0. The van der Waals surface area contributed by atoms with Gasteiger partial charge in [-0.2, -0.15) is 4.98 Å². The maximum Gasteiger partial charge on any atom is 0.223 e. The van der Waals surface area contributed by atoms with Crippen molar-refractivity contribution in [2.45, 2.75) is 87.0 Å². The summed E-state index contributed by atoms with van der Waals surface area (Å²) in [4.78, 5) is 4.21. The molecule has 0 aliphatic rings. The van der Waals surface area contributed by atoms with Crippen molar-refractivity contribution in [3.63, 3.8) is 0 Å². The van der Waals surface area contributed by atoms with Gasteiger partial charge in [0.1, 0.15) is 0 Å². The summed E-state index contributed by atoms with van der Waals surface area (Å²) in [6.07, 6.45) is 8.49. The van der Waals surface area contributed by atoms with Crippen LogP contribution in [-0.2, 0) is 0 Å². The van der Waals surface area contributed by atoms with Gasteiger partial charge in [-0.05, 0) is 25.0 Å². The molecule has 24 heavy (non-hydrogen) atoms. The van der Waals surface area contributed by atoms with E-state index in [9.17, 15) is 0 Å². The molecule has 0 amide bonds. The average molecular weight is 333 g/mol. The summed E-state index contributed by atoms with van der Waals surface area (Å²) >= 11 is 0. The lowest BCUT2D eigenvalue weighted by Crippen LogP contribution is -1.88. The zero-order valence-corrected chi connectivity index (χ0v) is 16.8. The second-order valence-electron chi connectivity index (χ2n) is 5.80. The van der Waals surface area contributed by atoms with Gasteiger partial charge >= 0.3 is 0 Å². The van der Waals surface area contributed by atoms with E-state index in [0.29, 0.717) is 11.7 Å². The Balaban J connectivity index is 0.000000456. The zero-order chi connectivity index (χ0) is 18.4. The van der Waals surface area contributed by atoms with Crippen molar-refractivity contribution in [2.75, 3.05) is 0 Å². The van der Waals surface area contributed by atoms with Crippen molar-refractivity contribution in [3.8, 4) is 11.4 Å². The van der Waals surface area contributed by atoms with Gasteiger partial charge in [-0.3, -0.25) is 0 Å². The Kier molecular flexibility index (Phi) is 12.8.